The highest BCUT2D eigenvalue weighted by atomic mass is 32.2. The molecule has 6 heteroatoms. The van der Waals surface area contributed by atoms with Gasteiger partial charge in [0.05, 0.1) is 0 Å². The van der Waals surface area contributed by atoms with Crippen LogP contribution in [0.2, 0.25) is 0 Å². The molecule has 0 aliphatic carbocycles. The zero-order chi connectivity index (χ0) is 10.1. The van der Waals surface area contributed by atoms with E-state index in [2.05, 4.69) is 6.58 Å². The normalized spacial score (nSPS) is 11.1. The number of sulfone groups is 1. The van der Waals surface area contributed by atoms with E-state index in [1.54, 1.807) is 11.4 Å². The first kappa shape index (κ1) is 9.94. The van der Waals surface area contributed by atoms with Gasteiger partial charge in [-0.05, 0) is 11.4 Å². The third kappa shape index (κ3) is 1.78. The molecule has 0 spiro atoms. The van der Waals surface area contributed by atoms with Crippen molar-refractivity contribution in [3.05, 3.63) is 29.0 Å². The smallest absolute Gasteiger partial charge is 0.260 e. The number of nitrogens with two attached hydrogens (primary N) is 1. The van der Waals surface area contributed by atoms with Crippen molar-refractivity contribution in [1.29, 1.82) is 0 Å². The van der Waals surface area contributed by atoms with Gasteiger partial charge in [-0.15, -0.1) is 11.3 Å². The first-order valence-electron chi connectivity index (χ1n) is 3.23. The van der Waals surface area contributed by atoms with Gasteiger partial charge in [0.25, 0.3) is 5.91 Å². The highest BCUT2D eigenvalue weighted by Gasteiger charge is 2.23. The minimum absolute atomic E-state index is 0.0799. The van der Waals surface area contributed by atoms with E-state index in [0.717, 1.165) is 11.3 Å². The molecule has 1 amide bonds. The molecule has 0 saturated carbocycles. The van der Waals surface area contributed by atoms with Crippen LogP contribution in [-0.4, -0.2) is 14.3 Å². The van der Waals surface area contributed by atoms with Crippen LogP contribution in [0.15, 0.2) is 33.2 Å². The molecule has 1 aromatic heterocycles. The van der Waals surface area contributed by atoms with E-state index in [4.69, 9.17) is 5.73 Å². The Bertz CT molecular complexity index is 430. The Morgan fingerprint density at radius 1 is 1.54 bits per heavy atom. The summed E-state index contributed by atoms with van der Waals surface area (Å²) >= 11 is 1.02. The highest BCUT2D eigenvalue weighted by molar-refractivity contribution is 7.98. The molecule has 0 unspecified atom stereocenters. The Hall–Kier alpha value is -1.14. The molecule has 0 saturated heterocycles. The summed E-state index contributed by atoms with van der Waals surface area (Å²) in [6, 6.07) is 2.97. The standard InChI is InChI=1S/C7H7NO3S2/c1-5(7(8)9)13(10,11)6-3-2-4-12-6/h2-4H,1H2,(H2,8,9). The number of hydrogen-bond donors (Lipinski definition) is 1. The second-order valence-electron chi connectivity index (χ2n) is 2.22. The predicted molar refractivity (Wildman–Crippen MR) is 49.8 cm³/mol. The fourth-order valence-electron chi connectivity index (χ4n) is 0.670. The molecule has 4 nitrogen and oxygen atoms in total. The minimum atomic E-state index is -3.75. The number of amides is 1. The SMILES string of the molecule is C=C(C(N)=O)S(=O)(=O)c1cccs1. The fourth-order valence-corrected chi connectivity index (χ4v) is 2.86. The first-order chi connectivity index (χ1) is 5.96. The molecule has 1 heterocycles. The molecule has 0 aliphatic heterocycles. The third-order valence-corrected chi connectivity index (χ3v) is 4.48. The summed E-state index contributed by atoms with van der Waals surface area (Å²) in [5.41, 5.74) is 4.82. The van der Waals surface area contributed by atoms with Gasteiger partial charge in [-0.3, -0.25) is 4.79 Å². The van der Waals surface area contributed by atoms with Gasteiger partial charge in [0.1, 0.15) is 9.11 Å². The largest absolute Gasteiger partial charge is 0.365 e. The number of primary amides is 1. The number of carbonyl (C=O) groups excluding carboxylic acids is 1. The lowest BCUT2D eigenvalue weighted by molar-refractivity contribution is -0.113. The van der Waals surface area contributed by atoms with Gasteiger partial charge in [0.2, 0.25) is 9.84 Å². The third-order valence-electron chi connectivity index (χ3n) is 1.36. The summed E-state index contributed by atoms with van der Waals surface area (Å²) < 4.78 is 23.0. The van der Waals surface area contributed by atoms with E-state index in [1.807, 2.05) is 0 Å². The molecule has 0 fully saturated rings. The van der Waals surface area contributed by atoms with E-state index in [0.29, 0.717) is 0 Å². The van der Waals surface area contributed by atoms with Crippen LogP contribution in [0.25, 0.3) is 0 Å². The van der Waals surface area contributed by atoms with Crippen LogP contribution in [0.3, 0.4) is 0 Å². The van der Waals surface area contributed by atoms with Crippen molar-refractivity contribution in [2.75, 3.05) is 0 Å². The van der Waals surface area contributed by atoms with Crippen LogP contribution in [0.4, 0.5) is 0 Å². The van der Waals surface area contributed by atoms with Gasteiger partial charge in [0.15, 0.2) is 0 Å². The van der Waals surface area contributed by atoms with Crippen molar-refractivity contribution in [2.45, 2.75) is 4.21 Å². The zero-order valence-electron chi connectivity index (χ0n) is 6.56. The van der Waals surface area contributed by atoms with Crippen molar-refractivity contribution in [3.8, 4) is 0 Å². The molecule has 70 valence electrons. The molecule has 1 rings (SSSR count). The molecule has 0 aliphatic rings. The van der Waals surface area contributed by atoms with Crippen LogP contribution < -0.4 is 5.73 Å². The Morgan fingerprint density at radius 3 is 2.54 bits per heavy atom. The van der Waals surface area contributed by atoms with Crippen molar-refractivity contribution >= 4 is 27.1 Å². The Balaban J connectivity index is 3.19. The van der Waals surface area contributed by atoms with E-state index < -0.39 is 20.6 Å². The summed E-state index contributed by atoms with van der Waals surface area (Å²) in [5.74, 6) is -1.02. The van der Waals surface area contributed by atoms with Crippen molar-refractivity contribution in [1.82, 2.24) is 0 Å². The molecular formula is C7H7NO3S2. The average Bonchev–Trinajstić information content (AvgIpc) is 2.54. The lowest BCUT2D eigenvalue weighted by Gasteiger charge is -1.99. The van der Waals surface area contributed by atoms with Crippen LogP contribution in [0, 0.1) is 0 Å². The molecule has 0 radical (unpaired) electrons. The molecule has 0 aromatic carbocycles. The fraction of sp³-hybridized carbons (Fsp3) is 0. The first-order valence-corrected chi connectivity index (χ1v) is 5.60. The van der Waals surface area contributed by atoms with Gasteiger partial charge >= 0.3 is 0 Å². The van der Waals surface area contributed by atoms with Crippen LogP contribution in [0.5, 0.6) is 0 Å². The molecule has 2 N–H and O–H groups in total. The predicted octanol–water partition coefficient (Wildman–Crippen LogP) is 0.521. The summed E-state index contributed by atoms with van der Waals surface area (Å²) in [6.07, 6.45) is 0. The lowest BCUT2D eigenvalue weighted by Crippen LogP contribution is -2.19. The molecule has 0 atom stereocenters. The summed E-state index contributed by atoms with van der Waals surface area (Å²) in [4.78, 5) is 10.0. The van der Waals surface area contributed by atoms with Crippen LogP contribution in [-0.2, 0) is 14.6 Å². The number of rotatable bonds is 3. The van der Waals surface area contributed by atoms with E-state index in [1.165, 1.54) is 6.07 Å². The quantitative estimate of drug-likeness (QED) is 0.750. The van der Waals surface area contributed by atoms with Gasteiger partial charge < -0.3 is 5.73 Å². The van der Waals surface area contributed by atoms with E-state index >= 15 is 0 Å². The van der Waals surface area contributed by atoms with Crippen LogP contribution in [0.1, 0.15) is 0 Å². The van der Waals surface area contributed by atoms with Gasteiger partial charge in [0, 0.05) is 0 Å². The minimum Gasteiger partial charge on any atom is -0.365 e. The maximum absolute atomic E-state index is 11.4. The van der Waals surface area contributed by atoms with Gasteiger partial charge in [-0.1, -0.05) is 12.6 Å². The van der Waals surface area contributed by atoms with Crippen molar-refractivity contribution < 1.29 is 13.2 Å². The van der Waals surface area contributed by atoms with Crippen LogP contribution >= 0.6 is 11.3 Å². The van der Waals surface area contributed by atoms with Crippen molar-refractivity contribution in [3.63, 3.8) is 0 Å². The monoisotopic (exact) mass is 217 g/mol. The average molecular weight is 217 g/mol. The highest BCUT2D eigenvalue weighted by Crippen LogP contribution is 2.22. The lowest BCUT2D eigenvalue weighted by atomic mass is 10.6. The summed E-state index contributed by atoms with van der Waals surface area (Å²) in [5, 5.41) is 1.60. The van der Waals surface area contributed by atoms with Gasteiger partial charge in [-0.25, -0.2) is 8.42 Å². The summed E-state index contributed by atoms with van der Waals surface area (Å²) in [7, 11) is -3.75. The van der Waals surface area contributed by atoms with Gasteiger partial charge in [-0.2, -0.15) is 0 Å². The zero-order valence-corrected chi connectivity index (χ0v) is 8.19. The molecule has 1 aromatic rings. The Kier molecular flexibility index (Phi) is 2.53. The van der Waals surface area contributed by atoms with E-state index in [-0.39, 0.29) is 4.21 Å². The Labute approximate surface area is 79.6 Å². The topological polar surface area (TPSA) is 77.2 Å². The second-order valence-corrected chi connectivity index (χ2v) is 5.37. The van der Waals surface area contributed by atoms with E-state index in [9.17, 15) is 13.2 Å². The molecule has 13 heavy (non-hydrogen) atoms. The summed E-state index contributed by atoms with van der Waals surface area (Å²) in [6.45, 7) is 3.13. The number of thiophene rings is 1. The maximum Gasteiger partial charge on any atom is 0.260 e. The number of hydrogen-bond acceptors (Lipinski definition) is 4. The number of carbonyl (C=O) groups is 1. The molecule has 0 bridgehead atoms. The van der Waals surface area contributed by atoms with Crippen molar-refractivity contribution in [2.24, 2.45) is 5.73 Å². The Morgan fingerprint density at radius 2 is 2.15 bits per heavy atom. The second kappa shape index (κ2) is 3.31. The maximum atomic E-state index is 11.4. The molecular weight excluding hydrogens is 210 g/mol.